The van der Waals surface area contributed by atoms with Gasteiger partial charge in [0.2, 0.25) is 0 Å². The van der Waals surface area contributed by atoms with Crippen LogP contribution in [0.4, 0.5) is 5.69 Å². The third-order valence-corrected chi connectivity index (χ3v) is 4.04. The Bertz CT molecular complexity index is 663. The van der Waals surface area contributed by atoms with Gasteiger partial charge in [-0.05, 0) is 42.7 Å². The minimum absolute atomic E-state index is 0.00845. The van der Waals surface area contributed by atoms with E-state index in [1.807, 2.05) is 43.3 Å². The highest BCUT2D eigenvalue weighted by atomic mass is 16.5. The summed E-state index contributed by atoms with van der Waals surface area (Å²) in [5.41, 5.74) is 7.06. The summed E-state index contributed by atoms with van der Waals surface area (Å²) in [5.74, 6) is -0.138. The van der Waals surface area contributed by atoms with Crippen molar-refractivity contribution >= 4 is 22.4 Å². The van der Waals surface area contributed by atoms with Crippen LogP contribution in [0.1, 0.15) is 30.1 Å². The Morgan fingerprint density at radius 2 is 2.05 bits per heavy atom. The number of amides is 1. The lowest BCUT2D eigenvalue weighted by atomic mass is 10.0. The van der Waals surface area contributed by atoms with Gasteiger partial charge in [0.15, 0.2) is 0 Å². The first-order chi connectivity index (χ1) is 10.1. The predicted molar refractivity (Wildman–Crippen MR) is 84.3 cm³/mol. The second-order valence-corrected chi connectivity index (χ2v) is 5.60. The molecule has 21 heavy (non-hydrogen) atoms. The van der Waals surface area contributed by atoms with Gasteiger partial charge in [0, 0.05) is 12.3 Å². The molecule has 0 spiro atoms. The number of anilines is 1. The van der Waals surface area contributed by atoms with E-state index in [2.05, 4.69) is 5.32 Å². The Morgan fingerprint density at radius 3 is 2.71 bits per heavy atom. The van der Waals surface area contributed by atoms with Crippen molar-refractivity contribution in [1.82, 2.24) is 5.32 Å². The first-order valence-corrected chi connectivity index (χ1v) is 7.36. The smallest absolute Gasteiger partial charge is 0.253 e. The minimum Gasteiger partial charge on any atom is -0.398 e. The van der Waals surface area contributed by atoms with Gasteiger partial charge in [0.1, 0.15) is 0 Å². The number of nitrogen functional groups attached to an aromatic ring is 1. The Kier molecular flexibility index (Phi) is 3.80. The quantitative estimate of drug-likeness (QED) is 0.852. The molecule has 0 bridgehead atoms. The average Bonchev–Trinajstić information content (AvgIpc) is 3.00. The van der Waals surface area contributed by atoms with Crippen molar-refractivity contribution in [1.29, 1.82) is 0 Å². The van der Waals surface area contributed by atoms with Crippen LogP contribution in [0, 0.1) is 0 Å². The van der Waals surface area contributed by atoms with Gasteiger partial charge in [-0.3, -0.25) is 4.79 Å². The van der Waals surface area contributed by atoms with Crippen molar-refractivity contribution in [3.8, 4) is 0 Å². The van der Waals surface area contributed by atoms with Crippen molar-refractivity contribution in [2.24, 2.45) is 0 Å². The molecule has 3 rings (SSSR count). The minimum atomic E-state index is -0.138. The standard InChI is InChI=1S/C17H20N2O2/c1-11(16-7-4-8-21-16)19-17(20)14-9-12-5-2-3-6-13(12)10-15(14)18/h2-3,5-6,9-11,16H,4,7-8,18H2,1H3,(H,19,20). The molecule has 4 nitrogen and oxygen atoms in total. The number of nitrogens with one attached hydrogen (secondary N) is 1. The molecule has 2 aromatic rings. The molecule has 110 valence electrons. The molecule has 0 saturated carbocycles. The van der Waals surface area contributed by atoms with Crippen LogP contribution in [-0.4, -0.2) is 24.7 Å². The van der Waals surface area contributed by atoms with Gasteiger partial charge in [-0.15, -0.1) is 0 Å². The molecule has 1 amide bonds. The molecule has 4 heteroatoms. The van der Waals surface area contributed by atoms with Crippen LogP contribution in [-0.2, 0) is 4.74 Å². The van der Waals surface area contributed by atoms with Crippen LogP contribution < -0.4 is 11.1 Å². The van der Waals surface area contributed by atoms with Crippen LogP contribution in [0.2, 0.25) is 0 Å². The average molecular weight is 284 g/mol. The van der Waals surface area contributed by atoms with E-state index < -0.39 is 0 Å². The number of carbonyl (C=O) groups is 1. The van der Waals surface area contributed by atoms with Gasteiger partial charge in [-0.2, -0.15) is 0 Å². The number of rotatable bonds is 3. The molecule has 1 aliphatic rings. The maximum Gasteiger partial charge on any atom is 0.253 e. The second-order valence-electron chi connectivity index (χ2n) is 5.60. The number of benzene rings is 2. The third kappa shape index (κ3) is 2.85. The number of nitrogens with two attached hydrogens (primary N) is 1. The zero-order valence-electron chi connectivity index (χ0n) is 12.1. The van der Waals surface area contributed by atoms with E-state index in [-0.39, 0.29) is 18.1 Å². The van der Waals surface area contributed by atoms with E-state index in [1.54, 1.807) is 0 Å². The first kappa shape index (κ1) is 13.9. The summed E-state index contributed by atoms with van der Waals surface area (Å²) < 4.78 is 5.61. The van der Waals surface area contributed by atoms with Crippen molar-refractivity contribution in [2.75, 3.05) is 12.3 Å². The van der Waals surface area contributed by atoms with Gasteiger partial charge in [-0.25, -0.2) is 0 Å². The summed E-state index contributed by atoms with van der Waals surface area (Å²) >= 11 is 0. The number of hydrogen-bond donors (Lipinski definition) is 2. The molecule has 1 saturated heterocycles. The van der Waals surface area contributed by atoms with Crippen LogP contribution in [0.15, 0.2) is 36.4 Å². The molecular formula is C17H20N2O2. The van der Waals surface area contributed by atoms with Gasteiger partial charge in [-0.1, -0.05) is 24.3 Å². The molecule has 0 radical (unpaired) electrons. The van der Waals surface area contributed by atoms with Crippen molar-refractivity contribution in [3.63, 3.8) is 0 Å². The van der Waals surface area contributed by atoms with E-state index in [4.69, 9.17) is 10.5 Å². The molecule has 2 aromatic carbocycles. The summed E-state index contributed by atoms with van der Waals surface area (Å²) in [4.78, 5) is 12.4. The number of ether oxygens (including phenoxy) is 1. The topological polar surface area (TPSA) is 64.4 Å². The number of fused-ring (bicyclic) bond motifs is 1. The summed E-state index contributed by atoms with van der Waals surface area (Å²) in [6, 6.07) is 11.6. The maximum absolute atomic E-state index is 12.4. The summed E-state index contributed by atoms with van der Waals surface area (Å²) in [6.45, 7) is 2.76. The van der Waals surface area contributed by atoms with Crippen LogP contribution in [0.5, 0.6) is 0 Å². The van der Waals surface area contributed by atoms with Gasteiger partial charge >= 0.3 is 0 Å². The van der Waals surface area contributed by atoms with Crippen molar-refractivity contribution in [3.05, 3.63) is 42.0 Å². The van der Waals surface area contributed by atoms with Crippen LogP contribution in [0.25, 0.3) is 10.8 Å². The Morgan fingerprint density at radius 1 is 1.33 bits per heavy atom. The summed E-state index contributed by atoms with van der Waals surface area (Å²) in [6.07, 6.45) is 2.16. The lowest BCUT2D eigenvalue weighted by molar-refractivity contribution is 0.0713. The molecule has 2 atom stereocenters. The van der Waals surface area contributed by atoms with Crippen molar-refractivity contribution < 1.29 is 9.53 Å². The second kappa shape index (κ2) is 5.74. The summed E-state index contributed by atoms with van der Waals surface area (Å²) in [5, 5.41) is 5.06. The van der Waals surface area contributed by atoms with Gasteiger partial charge < -0.3 is 15.8 Å². The fourth-order valence-electron chi connectivity index (χ4n) is 2.83. The summed E-state index contributed by atoms with van der Waals surface area (Å²) in [7, 11) is 0. The maximum atomic E-state index is 12.4. The molecule has 2 unspecified atom stereocenters. The van der Waals surface area contributed by atoms with E-state index in [0.29, 0.717) is 11.3 Å². The number of carbonyl (C=O) groups excluding carboxylic acids is 1. The Labute approximate surface area is 124 Å². The predicted octanol–water partition coefficient (Wildman–Crippen LogP) is 2.72. The van der Waals surface area contributed by atoms with Gasteiger partial charge in [0.25, 0.3) is 5.91 Å². The lowest BCUT2D eigenvalue weighted by Gasteiger charge is -2.20. The highest BCUT2D eigenvalue weighted by Crippen LogP contribution is 2.22. The van der Waals surface area contributed by atoms with Gasteiger partial charge in [0.05, 0.1) is 17.7 Å². The molecule has 1 aliphatic heterocycles. The lowest BCUT2D eigenvalue weighted by Crippen LogP contribution is -2.41. The SMILES string of the molecule is CC(NC(=O)c1cc2ccccc2cc1N)C1CCCO1. The highest BCUT2D eigenvalue weighted by Gasteiger charge is 2.24. The molecule has 1 fully saturated rings. The highest BCUT2D eigenvalue weighted by molar-refractivity contribution is 6.04. The van der Waals surface area contributed by atoms with E-state index >= 15 is 0 Å². The normalized spacial score (nSPS) is 19.6. The van der Waals surface area contributed by atoms with E-state index in [1.165, 1.54) is 0 Å². The fourth-order valence-corrected chi connectivity index (χ4v) is 2.83. The molecule has 0 aromatic heterocycles. The van der Waals surface area contributed by atoms with E-state index in [9.17, 15) is 4.79 Å². The zero-order valence-corrected chi connectivity index (χ0v) is 12.1. The third-order valence-electron chi connectivity index (χ3n) is 4.04. The van der Waals surface area contributed by atoms with Crippen molar-refractivity contribution in [2.45, 2.75) is 31.9 Å². The van der Waals surface area contributed by atoms with Crippen LogP contribution in [0.3, 0.4) is 0 Å². The molecule has 3 N–H and O–H groups in total. The molecule has 0 aliphatic carbocycles. The Balaban J connectivity index is 1.82. The first-order valence-electron chi connectivity index (χ1n) is 7.36. The van der Waals surface area contributed by atoms with Crippen LogP contribution >= 0.6 is 0 Å². The largest absolute Gasteiger partial charge is 0.398 e. The Hall–Kier alpha value is -2.07. The van der Waals surface area contributed by atoms with E-state index in [0.717, 1.165) is 30.2 Å². The monoisotopic (exact) mass is 284 g/mol. The number of hydrogen-bond acceptors (Lipinski definition) is 3. The zero-order chi connectivity index (χ0) is 14.8. The fraction of sp³-hybridized carbons (Fsp3) is 0.353. The molecule has 1 heterocycles. The molecular weight excluding hydrogens is 264 g/mol.